The Bertz CT molecular complexity index is 589. The lowest BCUT2D eigenvalue weighted by Gasteiger charge is -2.24. The van der Waals surface area contributed by atoms with Gasteiger partial charge in [0.15, 0.2) is 5.96 Å². The van der Waals surface area contributed by atoms with Crippen molar-refractivity contribution in [3.8, 4) is 0 Å². The number of nitrogens with zero attached hydrogens (tertiary/aromatic N) is 2. The fraction of sp³-hybridized carbons (Fsp3) is 0.579. The summed E-state index contributed by atoms with van der Waals surface area (Å²) in [7, 11) is 2.05. The standard InChI is InChI=1S/C19H30N4O2.HI/c1-4-20-19(23(3)13-16-8-11-25-14-16)22-10-9-21-18(24)17-7-5-6-15(2)12-17;/h5-7,12,16H,4,8-11,13-14H2,1-3H3,(H,20,22)(H,21,24);1H. The summed E-state index contributed by atoms with van der Waals surface area (Å²) in [5, 5.41) is 6.23. The maximum atomic E-state index is 12.1. The molecular weight excluding hydrogens is 443 g/mol. The molecule has 1 unspecified atom stereocenters. The first kappa shape index (κ1) is 22.7. The molecule has 26 heavy (non-hydrogen) atoms. The number of benzene rings is 1. The molecule has 7 heteroatoms. The number of halogens is 1. The van der Waals surface area contributed by atoms with Crippen molar-refractivity contribution in [2.24, 2.45) is 10.9 Å². The monoisotopic (exact) mass is 474 g/mol. The Balaban J connectivity index is 0.00000338. The van der Waals surface area contributed by atoms with Crippen LogP contribution in [-0.2, 0) is 4.74 Å². The van der Waals surface area contributed by atoms with Crippen molar-refractivity contribution in [1.29, 1.82) is 0 Å². The topological polar surface area (TPSA) is 66.0 Å². The lowest BCUT2D eigenvalue weighted by atomic mass is 10.1. The van der Waals surface area contributed by atoms with Crippen LogP contribution in [0.5, 0.6) is 0 Å². The van der Waals surface area contributed by atoms with Crippen molar-refractivity contribution in [3.63, 3.8) is 0 Å². The van der Waals surface area contributed by atoms with Crippen LogP contribution in [0, 0.1) is 12.8 Å². The molecule has 1 aliphatic heterocycles. The third-order valence-corrected chi connectivity index (χ3v) is 4.19. The first-order valence-electron chi connectivity index (χ1n) is 9.02. The number of carbonyl (C=O) groups is 1. The summed E-state index contributed by atoms with van der Waals surface area (Å²) in [6.07, 6.45) is 1.11. The zero-order valence-corrected chi connectivity index (χ0v) is 18.3. The highest BCUT2D eigenvalue weighted by atomic mass is 127. The lowest BCUT2D eigenvalue weighted by molar-refractivity contribution is 0.0954. The van der Waals surface area contributed by atoms with Gasteiger partial charge in [-0.1, -0.05) is 17.7 Å². The van der Waals surface area contributed by atoms with E-state index in [1.165, 1.54) is 0 Å². The predicted molar refractivity (Wildman–Crippen MR) is 116 cm³/mol. The average Bonchev–Trinajstić information content (AvgIpc) is 3.10. The maximum Gasteiger partial charge on any atom is 0.251 e. The summed E-state index contributed by atoms with van der Waals surface area (Å²) >= 11 is 0. The van der Waals surface area contributed by atoms with Gasteiger partial charge >= 0.3 is 0 Å². The molecule has 1 aromatic carbocycles. The Kier molecular flexibility index (Phi) is 10.6. The second-order valence-electron chi connectivity index (χ2n) is 6.47. The van der Waals surface area contributed by atoms with E-state index in [1.807, 2.05) is 38.2 Å². The van der Waals surface area contributed by atoms with Crippen LogP contribution in [0.3, 0.4) is 0 Å². The van der Waals surface area contributed by atoms with Gasteiger partial charge in [0.1, 0.15) is 0 Å². The Labute approximate surface area is 173 Å². The molecule has 1 amide bonds. The molecule has 0 bridgehead atoms. The fourth-order valence-corrected chi connectivity index (χ4v) is 2.89. The molecule has 0 spiro atoms. The van der Waals surface area contributed by atoms with Crippen LogP contribution >= 0.6 is 24.0 Å². The highest BCUT2D eigenvalue weighted by molar-refractivity contribution is 14.0. The van der Waals surface area contributed by atoms with Gasteiger partial charge in [-0.3, -0.25) is 9.79 Å². The van der Waals surface area contributed by atoms with Gasteiger partial charge in [-0.2, -0.15) is 0 Å². The van der Waals surface area contributed by atoms with Gasteiger partial charge in [0.2, 0.25) is 0 Å². The average molecular weight is 474 g/mol. The summed E-state index contributed by atoms with van der Waals surface area (Å²) in [5.74, 6) is 1.38. The number of aliphatic imine (C=N–C) groups is 1. The number of carbonyl (C=O) groups excluding carboxylic acids is 1. The molecule has 1 aliphatic rings. The Morgan fingerprint density at radius 1 is 1.38 bits per heavy atom. The van der Waals surface area contributed by atoms with E-state index in [-0.39, 0.29) is 29.9 Å². The number of amides is 1. The van der Waals surface area contributed by atoms with E-state index >= 15 is 0 Å². The molecule has 6 nitrogen and oxygen atoms in total. The molecule has 0 radical (unpaired) electrons. The Morgan fingerprint density at radius 3 is 2.85 bits per heavy atom. The zero-order chi connectivity index (χ0) is 18.1. The lowest BCUT2D eigenvalue weighted by Crippen LogP contribution is -2.42. The van der Waals surface area contributed by atoms with Crippen molar-refractivity contribution in [2.45, 2.75) is 20.3 Å². The van der Waals surface area contributed by atoms with Crippen molar-refractivity contribution in [2.75, 3.05) is 46.4 Å². The van der Waals surface area contributed by atoms with E-state index in [0.717, 1.165) is 44.2 Å². The first-order chi connectivity index (χ1) is 12.1. The van der Waals surface area contributed by atoms with Crippen LogP contribution < -0.4 is 10.6 Å². The molecule has 1 atom stereocenters. The van der Waals surface area contributed by atoms with Gasteiger partial charge in [0.05, 0.1) is 13.2 Å². The number of guanidine groups is 1. The van der Waals surface area contributed by atoms with E-state index in [1.54, 1.807) is 0 Å². The van der Waals surface area contributed by atoms with Crippen LogP contribution in [0.1, 0.15) is 29.3 Å². The van der Waals surface area contributed by atoms with Crippen molar-refractivity contribution in [1.82, 2.24) is 15.5 Å². The van der Waals surface area contributed by atoms with Gasteiger partial charge in [0, 0.05) is 44.8 Å². The number of hydrogen-bond donors (Lipinski definition) is 2. The first-order valence-corrected chi connectivity index (χ1v) is 9.02. The highest BCUT2D eigenvalue weighted by Crippen LogP contribution is 2.13. The number of aryl methyl sites for hydroxylation is 1. The summed E-state index contributed by atoms with van der Waals surface area (Å²) in [6, 6.07) is 7.59. The van der Waals surface area contributed by atoms with Crippen molar-refractivity contribution < 1.29 is 9.53 Å². The molecule has 1 fully saturated rings. The molecule has 2 rings (SSSR count). The summed E-state index contributed by atoms with van der Waals surface area (Å²) in [6.45, 7) is 8.54. The van der Waals surface area contributed by atoms with Crippen LogP contribution in [-0.4, -0.2) is 63.2 Å². The molecule has 146 valence electrons. The van der Waals surface area contributed by atoms with Crippen LogP contribution in [0.2, 0.25) is 0 Å². The van der Waals surface area contributed by atoms with E-state index in [9.17, 15) is 4.79 Å². The largest absolute Gasteiger partial charge is 0.381 e. The third-order valence-electron chi connectivity index (χ3n) is 4.19. The molecular formula is C19H31IN4O2. The molecule has 1 heterocycles. The number of rotatable bonds is 7. The second kappa shape index (κ2) is 12.1. The van der Waals surface area contributed by atoms with Gasteiger partial charge in [-0.15, -0.1) is 24.0 Å². The predicted octanol–water partition coefficient (Wildman–Crippen LogP) is 2.28. The fourth-order valence-electron chi connectivity index (χ4n) is 2.89. The maximum absolute atomic E-state index is 12.1. The number of hydrogen-bond acceptors (Lipinski definition) is 3. The summed E-state index contributed by atoms with van der Waals surface area (Å²) in [4.78, 5) is 18.9. The number of ether oxygens (including phenoxy) is 1. The minimum atomic E-state index is -0.0552. The molecule has 1 saturated heterocycles. The van der Waals surface area contributed by atoms with Crippen molar-refractivity contribution >= 4 is 35.8 Å². The molecule has 2 N–H and O–H groups in total. The van der Waals surface area contributed by atoms with E-state index < -0.39 is 0 Å². The Morgan fingerprint density at radius 2 is 2.19 bits per heavy atom. The van der Waals surface area contributed by atoms with E-state index in [0.29, 0.717) is 24.6 Å². The minimum Gasteiger partial charge on any atom is -0.381 e. The van der Waals surface area contributed by atoms with Crippen LogP contribution in [0.4, 0.5) is 0 Å². The van der Waals surface area contributed by atoms with Gasteiger partial charge in [0.25, 0.3) is 5.91 Å². The normalized spacial score (nSPS) is 16.7. The van der Waals surface area contributed by atoms with E-state index in [4.69, 9.17) is 4.74 Å². The highest BCUT2D eigenvalue weighted by Gasteiger charge is 2.18. The smallest absolute Gasteiger partial charge is 0.251 e. The summed E-state index contributed by atoms with van der Waals surface area (Å²) < 4.78 is 5.44. The molecule has 0 aliphatic carbocycles. The zero-order valence-electron chi connectivity index (χ0n) is 16.0. The Hall–Kier alpha value is -1.35. The second-order valence-corrected chi connectivity index (χ2v) is 6.47. The SMILES string of the molecule is CCNC(=NCCNC(=O)c1cccc(C)c1)N(C)CC1CCOC1.I. The number of nitrogens with one attached hydrogen (secondary N) is 2. The van der Waals surface area contributed by atoms with Gasteiger partial charge in [-0.05, 0) is 32.4 Å². The molecule has 0 aromatic heterocycles. The van der Waals surface area contributed by atoms with Crippen LogP contribution in [0.25, 0.3) is 0 Å². The molecule has 0 saturated carbocycles. The van der Waals surface area contributed by atoms with Crippen LogP contribution in [0.15, 0.2) is 29.3 Å². The van der Waals surface area contributed by atoms with E-state index in [2.05, 4.69) is 27.4 Å². The van der Waals surface area contributed by atoms with Gasteiger partial charge < -0.3 is 20.3 Å². The third kappa shape index (κ3) is 7.49. The van der Waals surface area contributed by atoms with Gasteiger partial charge in [-0.25, -0.2) is 0 Å². The van der Waals surface area contributed by atoms with Crippen molar-refractivity contribution in [3.05, 3.63) is 35.4 Å². The summed E-state index contributed by atoms with van der Waals surface area (Å²) in [5.41, 5.74) is 1.77. The minimum absolute atomic E-state index is 0. The quantitative estimate of drug-likeness (QED) is 0.276. The molecule has 1 aromatic rings.